The second-order valence-corrected chi connectivity index (χ2v) is 6.81. The van der Waals surface area contributed by atoms with E-state index < -0.39 is 0 Å². The summed E-state index contributed by atoms with van der Waals surface area (Å²) in [5, 5.41) is 6.59. The maximum absolute atomic E-state index is 5.13. The number of nitrogens with one attached hydrogen (secondary N) is 2. The van der Waals surface area contributed by atoms with Crippen molar-refractivity contribution in [2.24, 2.45) is 0 Å². The van der Waals surface area contributed by atoms with E-state index in [9.17, 15) is 0 Å². The fourth-order valence-corrected chi connectivity index (χ4v) is 3.72. The van der Waals surface area contributed by atoms with Gasteiger partial charge < -0.3 is 15.4 Å². The summed E-state index contributed by atoms with van der Waals surface area (Å²) >= 11 is 1.99. The monoisotopic (exact) mass is 310 g/mol. The highest BCUT2D eigenvalue weighted by Crippen LogP contribution is 2.38. The third-order valence-corrected chi connectivity index (χ3v) is 5.51. The number of nitrogens with zero attached hydrogens (tertiary/aromatic N) is 2. The van der Waals surface area contributed by atoms with Gasteiger partial charge in [0.25, 0.3) is 0 Å². The summed E-state index contributed by atoms with van der Waals surface area (Å²) in [6, 6.07) is 1.95. The number of hydrogen-bond acceptors (Lipinski definition) is 6. The van der Waals surface area contributed by atoms with Gasteiger partial charge in [0.15, 0.2) is 5.82 Å². The van der Waals surface area contributed by atoms with Crippen molar-refractivity contribution in [2.45, 2.75) is 43.5 Å². The Morgan fingerprint density at radius 1 is 1.24 bits per heavy atom. The van der Waals surface area contributed by atoms with Gasteiger partial charge in [0.05, 0.1) is 0 Å². The molecule has 118 valence electrons. The molecule has 1 aliphatic rings. The zero-order chi connectivity index (χ0) is 15.1. The van der Waals surface area contributed by atoms with Gasteiger partial charge in [-0.1, -0.05) is 19.3 Å². The minimum Gasteiger partial charge on any atom is -0.377 e. The van der Waals surface area contributed by atoms with Gasteiger partial charge >= 0.3 is 0 Å². The molecule has 2 rings (SSSR count). The smallest absolute Gasteiger partial charge is 0.158 e. The van der Waals surface area contributed by atoms with Crippen LogP contribution in [0, 0.1) is 0 Å². The van der Waals surface area contributed by atoms with Crippen LogP contribution in [0.15, 0.2) is 6.07 Å². The number of rotatable bonds is 7. The molecular formula is C15H26N4OS. The van der Waals surface area contributed by atoms with Crippen molar-refractivity contribution in [2.75, 3.05) is 37.6 Å². The van der Waals surface area contributed by atoms with Gasteiger partial charge in [0, 0.05) is 31.5 Å². The first-order chi connectivity index (χ1) is 10.2. The van der Waals surface area contributed by atoms with Crippen molar-refractivity contribution < 1.29 is 4.74 Å². The van der Waals surface area contributed by atoms with E-state index in [2.05, 4.69) is 26.9 Å². The van der Waals surface area contributed by atoms with Gasteiger partial charge in [0.1, 0.15) is 18.2 Å². The Hall–Kier alpha value is -1.01. The van der Waals surface area contributed by atoms with Crippen molar-refractivity contribution in [3.05, 3.63) is 11.9 Å². The zero-order valence-electron chi connectivity index (χ0n) is 13.2. The minimum atomic E-state index is 0.352. The molecule has 0 bridgehead atoms. The van der Waals surface area contributed by atoms with Crippen molar-refractivity contribution in [1.82, 2.24) is 9.97 Å². The first-order valence-electron chi connectivity index (χ1n) is 7.55. The van der Waals surface area contributed by atoms with E-state index in [4.69, 9.17) is 4.74 Å². The molecule has 0 saturated heterocycles. The first kappa shape index (κ1) is 16.4. The van der Waals surface area contributed by atoms with Crippen LogP contribution in [-0.2, 0) is 11.3 Å². The Kier molecular flexibility index (Phi) is 6.11. The second-order valence-electron chi connectivity index (χ2n) is 5.54. The van der Waals surface area contributed by atoms with Gasteiger partial charge in [-0.2, -0.15) is 11.8 Å². The van der Waals surface area contributed by atoms with E-state index in [1.165, 1.54) is 32.1 Å². The Balaban J connectivity index is 2.05. The molecular weight excluding hydrogens is 284 g/mol. The van der Waals surface area contributed by atoms with Crippen molar-refractivity contribution >= 4 is 23.4 Å². The number of aromatic nitrogens is 2. The van der Waals surface area contributed by atoms with Crippen molar-refractivity contribution in [3.63, 3.8) is 0 Å². The van der Waals surface area contributed by atoms with E-state index in [0.717, 1.165) is 18.2 Å². The predicted molar refractivity (Wildman–Crippen MR) is 90.1 cm³/mol. The first-order valence-corrected chi connectivity index (χ1v) is 8.77. The molecule has 1 fully saturated rings. The highest BCUT2D eigenvalue weighted by atomic mass is 32.2. The number of anilines is 2. The third kappa shape index (κ3) is 4.48. The third-order valence-electron chi connectivity index (χ3n) is 4.09. The molecule has 0 aliphatic heterocycles. The lowest BCUT2D eigenvalue weighted by atomic mass is 9.88. The number of ether oxygens (including phenoxy) is 1. The van der Waals surface area contributed by atoms with Gasteiger partial charge in [-0.3, -0.25) is 0 Å². The van der Waals surface area contributed by atoms with Crippen LogP contribution in [0.1, 0.15) is 37.9 Å². The molecule has 1 saturated carbocycles. The standard InChI is InChI=1S/C15H26N4OS/c1-16-12-9-13(19-14(18-12)10-20-2)17-11-15(21-3)7-5-4-6-8-15/h9H,4-8,10-11H2,1-3H3,(H2,16,17,18,19). The molecule has 1 aromatic heterocycles. The van der Waals surface area contributed by atoms with E-state index in [0.29, 0.717) is 17.2 Å². The minimum absolute atomic E-state index is 0.352. The molecule has 1 aromatic rings. The topological polar surface area (TPSA) is 59.1 Å². The number of thioether (sulfide) groups is 1. The van der Waals surface area contributed by atoms with Crippen LogP contribution in [0.25, 0.3) is 0 Å². The molecule has 21 heavy (non-hydrogen) atoms. The fraction of sp³-hybridized carbons (Fsp3) is 0.733. The maximum Gasteiger partial charge on any atom is 0.158 e. The van der Waals surface area contributed by atoms with Crippen LogP contribution in [-0.4, -0.2) is 41.7 Å². The zero-order valence-corrected chi connectivity index (χ0v) is 14.1. The van der Waals surface area contributed by atoms with Crippen LogP contribution < -0.4 is 10.6 Å². The molecule has 0 aromatic carbocycles. The van der Waals surface area contributed by atoms with Crippen LogP contribution in [0.5, 0.6) is 0 Å². The Morgan fingerprint density at radius 3 is 2.57 bits per heavy atom. The largest absolute Gasteiger partial charge is 0.377 e. The molecule has 0 spiro atoms. The summed E-state index contributed by atoms with van der Waals surface area (Å²) in [6.45, 7) is 1.39. The summed E-state index contributed by atoms with van der Waals surface area (Å²) in [5.41, 5.74) is 0. The quantitative estimate of drug-likeness (QED) is 0.807. The molecule has 0 unspecified atom stereocenters. The molecule has 0 amide bonds. The predicted octanol–water partition coefficient (Wildman–Crippen LogP) is 3.14. The molecule has 6 heteroatoms. The highest BCUT2D eigenvalue weighted by molar-refractivity contribution is 8.00. The molecule has 5 nitrogen and oxygen atoms in total. The number of hydrogen-bond donors (Lipinski definition) is 2. The molecule has 0 atom stereocenters. The molecule has 1 aliphatic carbocycles. The summed E-state index contributed by atoms with van der Waals surface area (Å²) in [5.74, 6) is 2.40. The van der Waals surface area contributed by atoms with Gasteiger partial charge in [-0.15, -0.1) is 0 Å². The second kappa shape index (κ2) is 7.84. The lowest BCUT2D eigenvalue weighted by Crippen LogP contribution is -2.35. The number of methoxy groups -OCH3 is 1. The maximum atomic E-state index is 5.13. The van der Waals surface area contributed by atoms with Crippen molar-refractivity contribution in [3.8, 4) is 0 Å². The Labute approximate surface area is 131 Å². The Bertz CT molecular complexity index is 449. The van der Waals surface area contributed by atoms with E-state index in [-0.39, 0.29) is 0 Å². The van der Waals surface area contributed by atoms with Gasteiger partial charge in [0.2, 0.25) is 0 Å². The SMILES string of the molecule is CNc1cc(NCC2(SC)CCCCC2)nc(COC)n1. The van der Waals surface area contributed by atoms with Gasteiger partial charge in [-0.25, -0.2) is 9.97 Å². The lowest BCUT2D eigenvalue weighted by molar-refractivity contribution is 0.178. The summed E-state index contributed by atoms with van der Waals surface area (Å²) in [7, 11) is 3.53. The Morgan fingerprint density at radius 2 is 1.95 bits per heavy atom. The van der Waals surface area contributed by atoms with E-state index >= 15 is 0 Å². The fourth-order valence-electron chi connectivity index (χ4n) is 2.81. The van der Waals surface area contributed by atoms with Crippen LogP contribution in [0.4, 0.5) is 11.6 Å². The normalized spacial score (nSPS) is 17.5. The summed E-state index contributed by atoms with van der Waals surface area (Å²) in [6.07, 6.45) is 8.85. The molecule has 0 radical (unpaired) electrons. The lowest BCUT2D eigenvalue weighted by Gasteiger charge is -2.36. The average Bonchev–Trinajstić information content (AvgIpc) is 2.54. The van der Waals surface area contributed by atoms with Crippen molar-refractivity contribution in [1.29, 1.82) is 0 Å². The van der Waals surface area contributed by atoms with Crippen LogP contribution in [0.3, 0.4) is 0 Å². The molecule has 1 heterocycles. The van der Waals surface area contributed by atoms with Gasteiger partial charge in [-0.05, 0) is 19.1 Å². The highest BCUT2D eigenvalue weighted by Gasteiger charge is 2.30. The summed E-state index contributed by atoms with van der Waals surface area (Å²) < 4.78 is 5.48. The van der Waals surface area contributed by atoms with Crippen LogP contribution >= 0.6 is 11.8 Å². The summed E-state index contributed by atoms with van der Waals surface area (Å²) in [4.78, 5) is 8.91. The molecule has 2 N–H and O–H groups in total. The average molecular weight is 310 g/mol. The van der Waals surface area contributed by atoms with Crippen LogP contribution in [0.2, 0.25) is 0 Å². The van der Waals surface area contributed by atoms with E-state index in [1.54, 1.807) is 7.11 Å². The van der Waals surface area contributed by atoms with E-state index in [1.807, 2.05) is 24.9 Å².